The van der Waals surface area contributed by atoms with E-state index in [1.54, 1.807) is 16.2 Å². The minimum atomic E-state index is -0.144. The number of nitrogens with zero attached hydrogens (tertiary/aromatic N) is 2. The summed E-state index contributed by atoms with van der Waals surface area (Å²) in [4.78, 5) is 18.4. The summed E-state index contributed by atoms with van der Waals surface area (Å²) in [6.07, 6.45) is 2.05. The average Bonchev–Trinajstić information content (AvgIpc) is 3.26. The van der Waals surface area contributed by atoms with E-state index in [1.807, 2.05) is 36.6 Å². The number of rotatable bonds is 5. The van der Waals surface area contributed by atoms with Gasteiger partial charge in [0, 0.05) is 34.9 Å². The molecule has 0 bridgehead atoms. The summed E-state index contributed by atoms with van der Waals surface area (Å²) in [5.41, 5.74) is 2.82. The van der Waals surface area contributed by atoms with E-state index in [-0.39, 0.29) is 18.7 Å². The molecule has 1 saturated carbocycles. The van der Waals surface area contributed by atoms with Crippen LogP contribution in [0.2, 0.25) is 0 Å². The third-order valence-electron chi connectivity index (χ3n) is 3.59. The third kappa shape index (κ3) is 3.45. The highest BCUT2D eigenvalue weighted by molar-refractivity contribution is 7.13. The molecular formula is C16H19N3O2S. The fourth-order valence-corrected chi connectivity index (χ4v) is 3.13. The van der Waals surface area contributed by atoms with E-state index in [9.17, 15) is 4.79 Å². The van der Waals surface area contributed by atoms with E-state index in [1.165, 1.54) is 0 Å². The zero-order chi connectivity index (χ0) is 15.5. The topological polar surface area (TPSA) is 65.5 Å². The number of hydrogen-bond donors (Lipinski definition) is 2. The fourth-order valence-electron chi connectivity index (χ4n) is 2.32. The van der Waals surface area contributed by atoms with E-state index in [0.717, 1.165) is 34.8 Å². The van der Waals surface area contributed by atoms with Gasteiger partial charge in [0.25, 0.3) is 0 Å². The summed E-state index contributed by atoms with van der Waals surface area (Å²) in [6, 6.07) is 7.82. The molecular weight excluding hydrogens is 298 g/mol. The standard InChI is InChI=1S/C16H19N3O2S/c1-11-10-22-15(17-11)12-2-4-13(5-3-12)18-16(21)19(8-9-20)14-6-7-14/h2-5,10,14,20H,6-9H2,1H3,(H,18,21). The second-order valence-corrected chi connectivity index (χ2v) is 6.31. The van der Waals surface area contributed by atoms with Crippen molar-refractivity contribution in [2.24, 2.45) is 0 Å². The first kappa shape index (κ1) is 15.0. The summed E-state index contributed by atoms with van der Waals surface area (Å²) in [6.45, 7) is 2.35. The van der Waals surface area contributed by atoms with Gasteiger partial charge in [-0.2, -0.15) is 0 Å². The van der Waals surface area contributed by atoms with Crippen molar-refractivity contribution in [2.75, 3.05) is 18.5 Å². The van der Waals surface area contributed by atoms with Crippen molar-refractivity contribution in [3.05, 3.63) is 35.3 Å². The number of carbonyl (C=O) groups is 1. The predicted octanol–water partition coefficient (Wildman–Crippen LogP) is 3.11. The summed E-state index contributed by atoms with van der Waals surface area (Å²) in [5, 5.41) is 15.0. The molecule has 22 heavy (non-hydrogen) atoms. The van der Waals surface area contributed by atoms with Gasteiger partial charge in [-0.15, -0.1) is 11.3 Å². The smallest absolute Gasteiger partial charge is 0.322 e. The number of nitrogens with one attached hydrogen (secondary N) is 1. The molecule has 1 heterocycles. The molecule has 116 valence electrons. The van der Waals surface area contributed by atoms with Crippen LogP contribution in [-0.4, -0.2) is 40.2 Å². The number of benzene rings is 1. The van der Waals surface area contributed by atoms with E-state index < -0.39 is 0 Å². The highest BCUT2D eigenvalue weighted by Gasteiger charge is 2.32. The van der Waals surface area contributed by atoms with Gasteiger partial charge in [0.15, 0.2) is 0 Å². The maximum atomic E-state index is 12.2. The largest absolute Gasteiger partial charge is 0.395 e. The summed E-state index contributed by atoms with van der Waals surface area (Å²) in [7, 11) is 0. The Labute approximate surface area is 133 Å². The summed E-state index contributed by atoms with van der Waals surface area (Å²) in [5.74, 6) is 0. The van der Waals surface area contributed by atoms with Crippen molar-refractivity contribution in [1.82, 2.24) is 9.88 Å². The van der Waals surface area contributed by atoms with E-state index in [0.29, 0.717) is 6.54 Å². The maximum Gasteiger partial charge on any atom is 0.322 e. The minimum absolute atomic E-state index is 0.00768. The van der Waals surface area contributed by atoms with Crippen molar-refractivity contribution in [3.8, 4) is 10.6 Å². The Bertz CT molecular complexity index is 650. The highest BCUT2D eigenvalue weighted by Crippen LogP contribution is 2.28. The zero-order valence-corrected chi connectivity index (χ0v) is 13.3. The van der Waals surface area contributed by atoms with Gasteiger partial charge in [-0.3, -0.25) is 0 Å². The average molecular weight is 317 g/mol. The predicted molar refractivity (Wildman–Crippen MR) is 88.1 cm³/mol. The van der Waals surface area contributed by atoms with Crippen LogP contribution in [0, 0.1) is 6.92 Å². The molecule has 5 nitrogen and oxygen atoms in total. The highest BCUT2D eigenvalue weighted by atomic mass is 32.1. The molecule has 0 atom stereocenters. The number of anilines is 1. The van der Waals surface area contributed by atoms with Crippen LogP contribution in [0.4, 0.5) is 10.5 Å². The molecule has 2 amide bonds. The quantitative estimate of drug-likeness (QED) is 0.890. The van der Waals surface area contributed by atoms with Crippen LogP contribution < -0.4 is 5.32 Å². The Kier molecular flexibility index (Phi) is 4.40. The van der Waals surface area contributed by atoms with Gasteiger partial charge in [0.2, 0.25) is 0 Å². The molecule has 0 spiro atoms. The van der Waals surface area contributed by atoms with Crippen molar-refractivity contribution < 1.29 is 9.90 Å². The first-order valence-corrected chi connectivity index (χ1v) is 8.26. The lowest BCUT2D eigenvalue weighted by atomic mass is 10.2. The Morgan fingerprint density at radius 2 is 2.14 bits per heavy atom. The molecule has 1 aliphatic rings. The number of hydrogen-bond acceptors (Lipinski definition) is 4. The molecule has 2 N–H and O–H groups in total. The van der Waals surface area contributed by atoms with Crippen LogP contribution >= 0.6 is 11.3 Å². The number of aromatic nitrogens is 1. The molecule has 0 aliphatic heterocycles. The van der Waals surface area contributed by atoms with Crippen LogP contribution in [0.5, 0.6) is 0 Å². The Morgan fingerprint density at radius 1 is 1.41 bits per heavy atom. The summed E-state index contributed by atoms with van der Waals surface area (Å²) < 4.78 is 0. The Balaban J connectivity index is 1.66. The van der Waals surface area contributed by atoms with Gasteiger partial charge in [-0.05, 0) is 44.0 Å². The number of aliphatic hydroxyl groups is 1. The van der Waals surface area contributed by atoms with Gasteiger partial charge in [-0.1, -0.05) is 0 Å². The van der Waals surface area contributed by atoms with E-state index in [2.05, 4.69) is 10.3 Å². The maximum absolute atomic E-state index is 12.2. The lowest BCUT2D eigenvalue weighted by Gasteiger charge is -2.21. The zero-order valence-electron chi connectivity index (χ0n) is 12.5. The van der Waals surface area contributed by atoms with Crippen molar-refractivity contribution >= 4 is 23.1 Å². The first-order chi connectivity index (χ1) is 10.7. The molecule has 0 saturated heterocycles. The van der Waals surface area contributed by atoms with E-state index in [4.69, 9.17) is 5.11 Å². The molecule has 6 heteroatoms. The second-order valence-electron chi connectivity index (χ2n) is 5.45. The number of aliphatic hydroxyl groups excluding tert-OH is 1. The lowest BCUT2D eigenvalue weighted by Crippen LogP contribution is -2.38. The van der Waals surface area contributed by atoms with Gasteiger partial charge >= 0.3 is 6.03 Å². The van der Waals surface area contributed by atoms with Gasteiger partial charge < -0.3 is 15.3 Å². The van der Waals surface area contributed by atoms with Gasteiger partial charge in [0.05, 0.1) is 6.61 Å². The molecule has 2 aromatic rings. The van der Waals surface area contributed by atoms with Crippen LogP contribution in [0.1, 0.15) is 18.5 Å². The van der Waals surface area contributed by atoms with Crippen LogP contribution in [0.3, 0.4) is 0 Å². The van der Waals surface area contributed by atoms with E-state index >= 15 is 0 Å². The van der Waals surface area contributed by atoms with Crippen molar-refractivity contribution in [3.63, 3.8) is 0 Å². The van der Waals surface area contributed by atoms with Gasteiger partial charge in [0.1, 0.15) is 5.01 Å². The molecule has 1 aromatic carbocycles. The number of amides is 2. The molecule has 1 fully saturated rings. The van der Waals surface area contributed by atoms with Gasteiger partial charge in [-0.25, -0.2) is 9.78 Å². The summed E-state index contributed by atoms with van der Waals surface area (Å²) >= 11 is 1.61. The molecule has 1 aliphatic carbocycles. The normalized spacial score (nSPS) is 13.9. The number of carbonyl (C=O) groups excluding carboxylic acids is 1. The first-order valence-electron chi connectivity index (χ1n) is 7.38. The van der Waals surface area contributed by atoms with Crippen LogP contribution in [0.25, 0.3) is 10.6 Å². The van der Waals surface area contributed by atoms with Crippen molar-refractivity contribution in [1.29, 1.82) is 0 Å². The number of urea groups is 1. The molecule has 1 aromatic heterocycles. The fraction of sp³-hybridized carbons (Fsp3) is 0.375. The minimum Gasteiger partial charge on any atom is -0.395 e. The Morgan fingerprint density at radius 3 is 2.68 bits per heavy atom. The van der Waals surface area contributed by atoms with Crippen LogP contribution in [-0.2, 0) is 0 Å². The monoisotopic (exact) mass is 317 g/mol. The van der Waals surface area contributed by atoms with Crippen molar-refractivity contribution in [2.45, 2.75) is 25.8 Å². The lowest BCUT2D eigenvalue weighted by molar-refractivity contribution is 0.185. The SMILES string of the molecule is Cc1csc(-c2ccc(NC(=O)N(CCO)C3CC3)cc2)n1. The number of aryl methyl sites for hydroxylation is 1. The molecule has 0 radical (unpaired) electrons. The second kappa shape index (κ2) is 6.46. The molecule has 0 unspecified atom stereocenters. The Hall–Kier alpha value is -1.92. The van der Waals surface area contributed by atoms with Crippen LogP contribution in [0.15, 0.2) is 29.6 Å². The number of thiazole rings is 1. The third-order valence-corrected chi connectivity index (χ3v) is 4.60. The molecule has 3 rings (SSSR count).